The number of sulfonamides is 1. The number of nitrogen functional groups attached to an aromatic ring is 1. The van der Waals surface area contributed by atoms with Crippen molar-refractivity contribution in [3.8, 4) is 0 Å². The van der Waals surface area contributed by atoms with Crippen molar-refractivity contribution in [2.45, 2.75) is 24.3 Å². The predicted molar refractivity (Wildman–Crippen MR) is 79.5 cm³/mol. The molecule has 20 heavy (non-hydrogen) atoms. The Morgan fingerprint density at radius 2 is 2.05 bits per heavy atom. The Morgan fingerprint density at radius 3 is 2.70 bits per heavy atom. The monoisotopic (exact) mass is 361 g/mol. The van der Waals surface area contributed by atoms with Crippen LogP contribution in [-0.4, -0.2) is 37.3 Å². The number of amides is 1. The molecule has 0 aliphatic carbocycles. The molecular weight excluding hydrogens is 346 g/mol. The van der Waals surface area contributed by atoms with E-state index in [1.54, 1.807) is 19.9 Å². The molecule has 1 amide bonds. The van der Waals surface area contributed by atoms with Crippen molar-refractivity contribution in [1.82, 2.24) is 9.62 Å². The molecule has 1 aliphatic rings. The smallest absolute Gasteiger partial charge is 0.246 e. The molecule has 8 heteroatoms. The fourth-order valence-corrected chi connectivity index (χ4v) is 4.56. The number of halogens is 1. The number of hydrogen-bond acceptors (Lipinski definition) is 4. The number of piperazine rings is 1. The van der Waals surface area contributed by atoms with Crippen LogP contribution < -0.4 is 11.1 Å². The van der Waals surface area contributed by atoms with Crippen LogP contribution in [-0.2, 0) is 14.8 Å². The summed E-state index contributed by atoms with van der Waals surface area (Å²) in [6, 6.07) is 4.64. The molecule has 0 saturated carbocycles. The van der Waals surface area contributed by atoms with Gasteiger partial charge in [-0.15, -0.1) is 0 Å². The molecule has 1 saturated heterocycles. The van der Waals surface area contributed by atoms with Crippen LogP contribution in [0.4, 0.5) is 5.69 Å². The Hall–Kier alpha value is -1.12. The molecule has 0 spiro atoms. The molecule has 0 radical (unpaired) electrons. The summed E-state index contributed by atoms with van der Waals surface area (Å²) in [4.78, 5) is 11.9. The van der Waals surface area contributed by atoms with E-state index >= 15 is 0 Å². The van der Waals surface area contributed by atoms with Crippen molar-refractivity contribution in [2.75, 3.05) is 18.8 Å². The van der Waals surface area contributed by atoms with Gasteiger partial charge in [-0.3, -0.25) is 4.79 Å². The number of nitrogens with two attached hydrogens (primary N) is 1. The number of anilines is 1. The van der Waals surface area contributed by atoms with Crippen molar-refractivity contribution in [3.63, 3.8) is 0 Å². The van der Waals surface area contributed by atoms with Gasteiger partial charge in [0.1, 0.15) is 10.4 Å². The molecular formula is C12H16BrN3O3S. The minimum Gasteiger partial charge on any atom is -0.398 e. The summed E-state index contributed by atoms with van der Waals surface area (Å²) in [5.41, 5.74) is 4.79. The van der Waals surface area contributed by atoms with E-state index in [2.05, 4.69) is 21.2 Å². The fourth-order valence-electron chi connectivity index (χ4n) is 2.15. The molecule has 0 aromatic heterocycles. The van der Waals surface area contributed by atoms with Gasteiger partial charge < -0.3 is 11.1 Å². The lowest BCUT2D eigenvalue weighted by Gasteiger charge is -2.40. The molecule has 0 atom stereocenters. The summed E-state index contributed by atoms with van der Waals surface area (Å²) in [6.07, 6.45) is 0. The van der Waals surface area contributed by atoms with Crippen LogP contribution in [0.1, 0.15) is 13.8 Å². The molecule has 1 fully saturated rings. The van der Waals surface area contributed by atoms with Gasteiger partial charge >= 0.3 is 0 Å². The van der Waals surface area contributed by atoms with Crippen LogP contribution in [0.25, 0.3) is 0 Å². The van der Waals surface area contributed by atoms with Crippen LogP contribution in [0.5, 0.6) is 0 Å². The fraction of sp³-hybridized carbons (Fsp3) is 0.417. The molecule has 110 valence electrons. The zero-order valence-electron chi connectivity index (χ0n) is 11.2. The van der Waals surface area contributed by atoms with Gasteiger partial charge in [0.25, 0.3) is 0 Å². The number of hydrogen-bond donors (Lipinski definition) is 2. The standard InChI is InChI=1S/C12H16BrN3O3S/c1-12(2)11(17)15-5-6-16(12)20(18,19)10-7-8(13)3-4-9(10)14/h3-4,7H,5-6,14H2,1-2H3,(H,15,17). The van der Waals surface area contributed by atoms with Crippen LogP contribution in [0.2, 0.25) is 0 Å². The molecule has 1 aromatic rings. The van der Waals surface area contributed by atoms with Crippen LogP contribution in [0, 0.1) is 0 Å². The highest BCUT2D eigenvalue weighted by Gasteiger charge is 2.45. The second-order valence-electron chi connectivity index (χ2n) is 5.07. The zero-order chi connectivity index (χ0) is 15.1. The summed E-state index contributed by atoms with van der Waals surface area (Å²) in [5.74, 6) is -0.319. The van der Waals surface area contributed by atoms with Crippen molar-refractivity contribution in [1.29, 1.82) is 0 Å². The first-order valence-corrected chi connectivity index (χ1v) is 8.27. The highest BCUT2D eigenvalue weighted by molar-refractivity contribution is 9.10. The van der Waals surface area contributed by atoms with E-state index in [0.717, 1.165) is 0 Å². The first kappa shape index (κ1) is 15.3. The molecule has 0 unspecified atom stereocenters. The minimum atomic E-state index is -3.84. The zero-order valence-corrected chi connectivity index (χ0v) is 13.6. The second-order valence-corrected chi connectivity index (χ2v) is 7.82. The number of carbonyl (C=O) groups excluding carboxylic acids is 1. The Labute approximate surface area is 126 Å². The topological polar surface area (TPSA) is 92.5 Å². The number of rotatable bonds is 2. The second kappa shape index (κ2) is 5.01. The van der Waals surface area contributed by atoms with Crippen molar-refractivity contribution < 1.29 is 13.2 Å². The first-order valence-electron chi connectivity index (χ1n) is 6.03. The third-order valence-corrected chi connectivity index (χ3v) is 5.95. The summed E-state index contributed by atoms with van der Waals surface area (Å²) < 4.78 is 27.3. The minimum absolute atomic E-state index is 0.00894. The lowest BCUT2D eigenvalue weighted by molar-refractivity contribution is -0.131. The lowest BCUT2D eigenvalue weighted by Crippen LogP contribution is -2.63. The first-order chi connectivity index (χ1) is 9.17. The Morgan fingerprint density at radius 1 is 1.40 bits per heavy atom. The maximum atomic E-state index is 12.8. The van der Waals surface area contributed by atoms with Crippen LogP contribution >= 0.6 is 15.9 Å². The summed E-state index contributed by atoms with van der Waals surface area (Å²) in [5, 5.41) is 2.67. The summed E-state index contributed by atoms with van der Waals surface area (Å²) in [6.45, 7) is 3.66. The van der Waals surface area contributed by atoms with Gasteiger partial charge in [-0.1, -0.05) is 15.9 Å². The average Bonchev–Trinajstić information content (AvgIpc) is 2.35. The third-order valence-electron chi connectivity index (χ3n) is 3.32. The van der Waals surface area contributed by atoms with Crippen LogP contribution in [0.3, 0.4) is 0 Å². The van der Waals surface area contributed by atoms with Gasteiger partial charge in [0.05, 0.1) is 5.69 Å². The number of benzene rings is 1. The largest absolute Gasteiger partial charge is 0.398 e. The summed E-state index contributed by atoms with van der Waals surface area (Å²) >= 11 is 3.24. The van der Waals surface area contributed by atoms with E-state index in [9.17, 15) is 13.2 Å². The molecule has 3 N–H and O–H groups in total. The van der Waals surface area contributed by atoms with Crippen molar-refractivity contribution in [3.05, 3.63) is 22.7 Å². The molecule has 2 rings (SSSR count). The average molecular weight is 362 g/mol. The van der Waals surface area contributed by atoms with E-state index in [1.165, 1.54) is 16.4 Å². The highest BCUT2D eigenvalue weighted by atomic mass is 79.9. The molecule has 1 heterocycles. The third kappa shape index (κ3) is 2.43. The van der Waals surface area contributed by atoms with Gasteiger partial charge in [0, 0.05) is 17.6 Å². The van der Waals surface area contributed by atoms with E-state index in [-0.39, 0.29) is 29.6 Å². The summed E-state index contributed by atoms with van der Waals surface area (Å²) in [7, 11) is -3.84. The molecule has 6 nitrogen and oxygen atoms in total. The van der Waals surface area contributed by atoms with E-state index in [0.29, 0.717) is 4.47 Å². The number of nitrogens with one attached hydrogen (secondary N) is 1. The van der Waals surface area contributed by atoms with Gasteiger partial charge in [-0.05, 0) is 32.0 Å². The maximum absolute atomic E-state index is 12.8. The van der Waals surface area contributed by atoms with E-state index in [4.69, 9.17) is 5.73 Å². The quantitative estimate of drug-likeness (QED) is 0.766. The number of nitrogens with zero attached hydrogens (tertiary/aromatic N) is 1. The SMILES string of the molecule is CC1(C)C(=O)NCCN1S(=O)(=O)c1cc(Br)ccc1N. The predicted octanol–water partition coefficient (Wildman–Crippen LogP) is 0.930. The maximum Gasteiger partial charge on any atom is 0.246 e. The number of carbonyl (C=O) groups is 1. The van der Waals surface area contributed by atoms with Crippen molar-refractivity contribution >= 4 is 37.5 Å². The Kier molecular flexibility index (Phi) is 3.83. The molecule has 1 aliphatic heterocycles. The van der Waals surface area contributed by atoms with Gasteiger partial charge in [0.15, 0.2) is 0 Å². The van der Waals surface area contributed by atoms with Gasteiger partial charge in [0.2, 0.25) is 15.9 Å². The molecule has 1 aromatic carbocycles. The lowest BCUT2D eigenvalue weighted by atomic mass is 10.0. The van der Waals surface area contributed by atoms with E-state index < -0.39 is 15.6 Å². The van der Waals surface area contributed by atoms with Gasteiger partial charge in [-0.25, -0.2) is 8.42 Å². The van der Waals surface area contributed by atoms with Crippen LogP contribution in [0.15, 0.2) is 27.6 Å². The normalized spacial score (nSPS) is 19.6. The Bertz CT molecular complexity index is 658. The Balaban J connectivity index is 2.55. The molecule has 0 bridgehead atoms. The van der Waals surface area contributed by atoms with E-state index in [1.807, 2.05) is 0 Å². The van der Waals surface area contributed by atoms with Gasteiger partial charge in [-0.2, -0.15) is 4.31 Å². The van der Waals surface area contributed by atoms with Crippen molar-refractivity contribution in [2.24, 2.45) is 0 Å². The highest BCUT2D eigenvalue weighted by Crippen LogP contribution is 2.31.